The Hall–Kier alpha value is -2.17. The summed E-state index contributed by atoms with van der Waals surface area (Å²) in [5.74, 6) is 1.05. The lowest BCUT2D eigenvalue weighted by Gasteiger charge is -2.11. The van der Waals surface area contributed by atoms with Crippen molar-refractivity contribution >= 4 is 34.1 Å². The average molecular weight is 376 g/mol. The van der Waals surface area contributed by atoms with E-state index in [4.69, 9.17) is 27.9 Å². The molecule has 6 heteroatoms. The summed E-state index contributed by atoms with van der Waals surface area (Å²) >= 11 is 12.1. The van der Waals surface area contributed by atoms with Crippen LogP contribution in [0.1, 0.15) is 12.8 Å². The van der Waals surface area contributed by atoms with E-state index in [2.05, 4.69) is 4.98 Å². The van der Waals surface area contributed by atoms with E-state index in [1.165, 1.54) is 18.9 Å². The van der Waals surface area contributed by atoms with Crippen LogP contribution in [-0.4, -0.2) is 16.7 Å². The van der Waals surface area contributed by atoms with Crippen molar-refractivity contribution in [1.29, 1.82) is 0 Å². The number of halogens is 2. The number of aromatic hydroxyl groups is 1. The number of phenolic OH excluding ortho intramolecular Hbond substituents is 1. The van der Waals surface area contributed by atoms with Gasteiger partial charge in [-0.05, 0) is 43.0 Å². The molecule has 1 aliphatic rings. The van der Waals surface area contributed by atoms with Gasteiger partial charge >= 0.3 is 0 Å². The predicted molar refractivity (Wildman–Crippen MR) is 99.9 cm³/mol. The van der Waals surface area contributed by atoms with Gasteiger partial charge in [0.1, 0.15) is 11.5 Å². The van der Waals surface area contributed by atoms with Crippen molar-refractivity contribution < 1.29 is 9.84 Å². The summed E-state index contributed by atoms with van der Waals surface area (Å²) < 4.78 is 5.81. The summed E-state index contributed by atoms with van der Waals surface area (Å²) in [5.41, 5.74) is 1.09. The Balaban J connectivity index is 1.86. The third-order valence-corrected chi connectivity index (χ3v) is 4.92. The number of pyridine rings is 1. The number of aromatic amines is 1. The summed E-state index contributed by atoms with van der Waals surface area (Å²) in [4.78, 5) is 16.0. The van der Waals surface area contributed by atoms with E-state index in [1.54, 1.807) is 30.5 Å². The van der Waals surface area contributed by atoms with Crippen molar-refractivity contribution in [2.45, 2.75) is 12.8 Å². The molecule has 1 fully saturated rings. The van der Waals surface area contributed by atoms with Crippen molar-refractivity contribution in [1.82, 2.24) is 4.98 Å². The molecular weight excluding hydrogens is 361 g/mol. The van der Waals surface area contributed by atoms with E-state index < -0.39 is 0 Å². The highest BCUT2D eigenvalue weighted by Gasteiger charge is 2.23. The second-order valence-electron chi connectivity index (χ2n) is 6.24. The van der Waals surface area contributed by atoms with Gasteiger partial charge in [0.2, 0.25) is 5.43 Å². The minimum absolute atomic E-state index is 0.0954. The molecule has 0 saturated heterocycles. The Morgan fingerprint density at radius 3 is 2.68 bits per heavy atom. The molecule has 2 aromatic carbocycles. The number of nitrogens with one attached hydrogen (secondary N) is 1. The lowest BCUT2D eigenvalue weighted by molar-refractivity contribution is 0.302. The van der Waals surface area contributed by atoms with E-state index >= 15 is 0 Å². The first-order chi connectivity index (χ1) is 12.0. The molecular formula is C19H15Cl2NO3. The maximum Gasteiger partial charge on any atom is 0.201 e. The van der Waals surface area contributed by atoms with E-state index in [0.29, 0.717) is 45.0 Å². The van der Waals surface area contributed by atoms with Crippen LogP contribution in [0.5, 0.6) is 11.5 Å². The lowest BCUT2D eigenvalue weighted by atomic mass is 10.0. The molecule has 0 radical (unpaired) electrons. The van der Waals surface area contributed by atoms with E-state index in [1.807, 2.05) is 0 Å². The van der Waals surface area contributed by atoms with Crippen LogP contribution in [0.25, 0.3) is 22.0 Å². The minimum Gasteiger partial charge on any atom is -0.507 e. The van der Waals surface area contributed by atoms with Gasteiger partial charge in [0, 0.05) is 22.3 Å². The number of fused-ring (bicyclic) bond motifs is 1. The molecule has 0 amide bonds. The molecule has 0 spiro atoms. The Kier molecular flexibility index (Phi) is 4.10. The van der Waals surface area contributed by atoms with Crippen molar-refractivity contribution in [3.8, 4) is 22.6 Å². The van der Waals surface area contributed by atoms with Gasteiger partial charge in [-0.25, -0.2) is 0 Å². The number of ether oxygens (including phenoxy) is 1. The van der Waals surface area contributed by atoms with Crippen LogP contribution in [0.15, 0.2) is 41.3 Å². The van der Waals surface area contributed by atoms with Gasteiger partial charge in [-0.15, -0.1) is 0 Å². The number of hydrogen-bond acceptors (Lipinski definition) is 3. The third-order valence-electron chi connectivity index (χ3n) is 4.37. The maximum atomic E-state index is 13.0. The summed E-state index contributed by atoms with van der Waals surface area (Å²) in [6, 6.07) is 8.09. The highest BCUT2D eigenvalue weighted by atomic mass is 35.5. The van der Waals surface area contributed by atoms with Gasteiger partial charge in [-0.1, -0.05) is 29.3 Å². The lowest BCUT2D eigenvalue weighted by Crippen LogP contribution is -2.09. The zero-order chi connectivity index (χ0) is 17.6. The van der Waals surface area contributed by atoms with Crippen molar-refractivity contribution in [2.75, 3.05) is 6.61 Å². The van der Waals surface area contributed by atoms with Gasteiger partial charge < -0.3 is 14.8 Å². The topological polar surface area (TPSA) is 62.3 Å². The Morgan fingerprint density at radius 2 is 1.96 bits per heavy atom. The normalized spacial score (nSPS) is 14.0. The first-order valence-electron chi connectivity index (χ1n) is 8.00. The van der Waals surface area contributed by atoms with Crippen molar-refractivity contribution in [2.24, 2.45) is 5.92 Å². The third kappa shape index (κ3) is 3.08. The zero-order valence-corrected chi connectivity index (χ0v) is 14.7. The van der Waals surface area contributed by atoms with Gasteiger partial charge in [0.25, 0.3) is 0 Å². The molecule has 4 rings (SSSR count). The molecule has 0 aliphatic heterocycles. The highest BCUT2D eigenvalue weighted by Crippen LogP contribution is 2.35. The standard InChI is InChI=1S/C19H15Cl2NO3/c20-11-3-4-12(14(21)7-11)13-8-22-18-16(25-9-10-1-2-10)6-5-15(23)17(18)19(13)24/h3-8,10,23H,1-2,9H2,(H,22,24). The fourth-order valence-electron chi connectivity index (χ4n) is 2.81. The minimum atomic E-state index is -0.313. The molecule has 0 bridgehead atoms. The molecule has 2 N–H and O–H groups in total. The number of phenols is 1. The summed E-state index contributed by atoms with van der Waals surface area (Å²) in [5, 5.41) is 11.3. The summed E-state index contributed by atoms with van der Waals surface area (Å²) in [6.07, 6.45) is 3.93. The van der Waals surface area contributed by atoms with E-state index in [-0.39, 0.29) is 16.6 Å². The highest BCUT2D eigenvalue weighted by molar-refractivity contribution is 6.36. The molecule has 1 aliphatic carbocycles. The van der Waals surface area contributed by atoms with Gasteiger partial charge in [-0.2, -0.15) is 0 Å². The monoisotopic (exact) mass is 375 g/mol. The molecule has 0 unspecified atom stereocenters. The first-order valence-corrected chi connectivity index (χ1v) is 8.76. The maximum absolute atomic E-state index is 13.0. The van der Waals surface area contributed by atoms with Crippen LogP contribution in [0, 0.1) is 5.92 Å². The molecule has 25 heavy (non-hydrogen) atoms. The Bertz CT molecular complexity index is 1030. The van der Waals surface area contributed by atoms with Crippen LogP contribution >= 0.6 is 23.2 Å². The van der Waals surface area contributed by atoms with Gasteiger partial charge in [-0.3, -0.25) is 4.79 Å². The Morgan fingerprint density at radius 1 is 1.16 bits per heavy atom. The van der Waals surface area contributed by atoms with Crippen LogP contribution < -0.4 is 10.2 Å². The van der Waals surface area contributed by atoms with Crippen LogP contribution in [0.3, 0.4) is 0 Å². The van der Waals surface area contributed by atoms with Crippen molar-refractivity contribution in [3.63, 3.8) is 0 Å². The number of hydrogen-bond donors (Lipinski definition) is 2. The van der Waals surface area contributed by atoms with Crippen LogP contribution in [0.2, 0.25) is 10.0 Å². The van der Waals surface area contributed by atoms with E-state index in [9.17, 15) is 9.90 Å². The van der Waals surface area contributed by atoms with E-state index in [0.717, 1.165) is 0 Å². The fraction of sp³-hybridized carbons (Fsp3) is 0.211. The molecule has 4 nitrogen and oxygen atoms in total. The number of H-pyrrole nitrogens is 1. The molecule has 1 saturated carbocycles. The van der Waals surface area contributed by atoms with Gasteiger partial charge in [0.05, 0.1) is 22.5 Å². The first kappa shape index (κ1) is 16.3. The van der Waals surface area contributed by atoms with Crippen LogP contribution in [0.4, 0.5) is 0 Å². The molecule has 128 valence electrons. The number of rotatable bonds is 4. The molecule has 1 heterocycles. The largest absolute Gasteiger partial charge is 0.507 e. The average Bonchev–Trinajstić information content (AvgIpc) is 3.39. The molecule has 0 atom stereocenters. The van der Waals surface area contributed by atoms with Crippen molar-refractivity contribution in [3.05, 3.63) is 56.8 Å². The number of aromatic nitrogens is 1. The Labute approximate surface area is 154 Å². The van der Waals surface area contributed by atoms with Gasteiger partial charge in [0.15, 0.2) is 0 Å². The second-order valence-corrected chi connectivity index (χ2v) is 7.09. The SMILES string of the molecule is O=c1c(-c2ccc(Cl)cc2Cl)c[nH]c2c(OCC3CC3)ccc(O)c12. The second kappa shape index (κ2) is 6.28. The molecule has 1 aromatic heterocycles. The smallest absolute Gasteiger partial charge is 0.201 e. The number of benzene rings is 2. The summed E-state index contributed by atoms with van der Waals surface area (Å²) in [7, 11) is 0. The summed E-state index contributed by atoms with van der Waals surface area (Å²) in [6.45, 7) is 0.618. The predicted octanol–water partition coefficient (Wildman–Crippen LogP) is 5.00. The fourth-order valence-corrected chi connectivity index (χ4v) is 3.32. The van der Waals surface area contributed by atoms with Crippen LogP contribution in [-0.2, 0) is 0 Å². The quantitative estimate of drug-likeness (QED) is 0.674. The molecule has 3 aromatic rings. The zero-order valence-electron chi connectivity index (χ0n) is 13.2.